The highest BCUT2D eigenvalue weighted by molar-refractivity contribution is 7.92. The molecule has 9 heteroatoms. The Morgan fingerprint density at radius 3 is 2.39 bits per heavy atom. The Labute approximate surface area is 161 Å². The van der Waals surface area contributed by atoms with Gasteiger partial charge in [-0.3, -0.25) is 9.29 Å². The smallest absolute Gasteiger partial charge is 0.263 e. The molecule has 0 amide bonds. The van der Waals surface area contributed by atoms with E-state index in [0.29, 0.717) is 17.3 Å². The number of sulfonamides is 1. The number of imidazole rings is 1. The molecule has 0 spiro atoms. The average Bonchev–Trinajstić information content (AvgIpc) is 3.24. The lowest BCUT2D eigenvalue weighted by Gasteiger charge is -2.10. The summed E-state index contributed by atoms with van der Waals surface area (Å²) < 4.78 is 35.1. The summed E-state index contributed by atoms with van der Waals surface area (Å²) in [6.45, 7) is 0. The van der Waals surface area contributed by atoms with Gasteiger partial charge in [-0.25, -0.2) is 23.4 Å². The highest BCUT2D eigenvalue weighted by Gasteiger charge is 2.15. The minimum atomic E-state index is -3.81. The maximum absolute atomic E-state index is 12.6. The van der Waals surface area contributed by atoms with Gasteiger partial charge in [0.15, 0.2) is 0 Å². The minimum absolute atomic E-state index is 0.0932. The predicted molar refractivity (Wildman–Crippen MR) is 103 cm³/mol. The van der Waals surface area contributed by atoms with E-state index in [4.69, 9.17) is 4.74 Å². The number of rotatable bonds is 6. The zero-order valence-corrected chi connectivity index (χ0v) is 15.3. The predicted octanol–water partition coefficient (Wildman–Crippen LogP) is 3.26. The number of nitrogens with one attached hydrogen (secondary N) is 1. The van der Waals surface area contributed by atoms with E-state index < -0.39 is 10.0 Å². The molecule has 2 aromatic heterocycles. The Bertz CT molecular complexity index is 1160. The molecule has 1 N–H and O–H groups in total. The van der Waals surface area contributed by atoms with Crippen molar-refractivity contribution in [3.05, 3.63) is 85.7 Å². The number of hydrogen-bond acceptors (Lipinski definition) is 6. The van der Waals surface area contributed by atoms with Crippen molar-refractivity contribution in [2.24, 2.45) is 0 Å². The van der Waals surface area contributed by atoms with Crippen LogP contribution in [-0.2, 0) is 10.0 Å². The summed E-state index contributed by atoms with van der Waals surface area (Å²) in [6.07, 6.45) is 6.15. The molecule has 8 nitrogen and oxygen atoms in total. The van der Waals surface area contributed by atoms with E-state index in [9.17, 15) is 8.42 Å². The van der Waals surface area contributed by atoms with Gasteiger partial charge in [-0.05, 0) is 36.4 Å². The second-order valence-electron chi connectivity index (χ2n) is 5.72. The molecule has 0 radical (unpaired) electrons. The van der Waals surface area contributed by atoms with Gasteiger partial charge in [-0.2, -0.15) is 0 Å². The van der Waals surface area contributed by atoms with E-state index in [-0.39, 0.29) is 10.7 Å². The van der Waals surface area contributed by atoms with Gasteiger partial charge in [0.25, 0.3) is 10.0 Å². The van der Waals surface area contributed by atoms with Gasteiger partial charge in [0, 0.05) is 18.5 Å². The zero-order valence-electron chi connectivity index (χ0n) is 14.5. The fraction of sp³-hybridized carbons (Fsp3) is 0. The van der Waals surface area contributed by atoms with Crippen LogP contribution in [0.25, 0.3) is 5.82 Å². The summed E-state index contributed by atoms with van der Waals surface area (Å²) in [4.78, 5) is 12.1. The Morgan fingerprint density at radius 2 is 1.68 bits per heavy atom. The number of ether oxygens (including phenoxy) is 1. The third kappa shape index (κ3) is 3.99. The lowest BCUT2D eigenvalue weighted by Crippen LogP contribution is -2.14. The van der Waals surface area contributed by atoms with Gasteiger partial charge in [0.1, 0.15) is 35.8 Å². The van der Waals surface area contributed by atoms with Crippen LogP contribution in [0.5, 0.6) is 11.5 Å². The van der Waals surface area contributed by atoms with Crippen molar-refractivity contribution in [2.45, 2.75) is 4.90 Å². The molecular weight excluding hydrogens is 378 g/mol. The van der Waals surface area contributed by atoms with Crippen LogP contribution in [0.2, 0.25) is 0 Å². The second-order valence-corrected chi connectivity index (χ2v) is 7.41. The first-order chi connectivity index (χ1) is 13.6. The molecule has 0 atom stereocenters. The standard InChI is InChI=1S/C19H15N5O3S/c25-28(26,23-18-12-19(22-13-21-18)24-11-10-20-14-24)17-8-6-16(7-9-17)27-15-4-2-1-3-5-15/h1-14H,(H,21,22,23). The first-order valence-electron chi connectivity index (χ1n) is 8.26. The van der Waals surface area contributed by atoms with E-state index in [0.717, 1.165) is 0 Å². The lowest BCUT2D eigenvalue weighted by atomic mass is 10.3. The lowest BCUT2D eigenvalue weighted by molar-refractivity contribution is 0.482. The maximum Gasteiger partial charge on any atom is 0.263 e. The van der Waals surface area contributed by atoms with Crippen LogP contribution in [0.3, 0.4) is 0 Å². The van der Waals surface area contributed by atoms with Crippen LogP contribution in [0, 0.1) is 0 Å². The fourth-order valence-corrected chi connectivity index (χ4v) is 3.45. The molecule has 0 saturated heterocycles. The van der Waals surface area contributed by atoms with Gasteiger partial charge in [-0.1, -0.05) is 18.2 Å². The number of hydrogen-bond donors (Lipinski definition) is 1. The maximum atomic E-state index is 12.6. The molecule has 0 saturated carbocycles. The molecule has 0 aliphatic heterocycles. The Morgan fingerprint density at radius 1 is 0.929 bits per heavy atom. The molecule has 0 unspecified atom stereocenters. The van der Waals surface area contributed by atoms with E-state index in [1.54, 1.807) is 35.4 Å². The normalized spacial score (nSPS) is 11.1. The molecule has 0 aliphatic carbocycles. The average molecular weight is 393 g/mol. The van der Waals surface area contributed by atoms with Gasteiger partial charge >= 0.3 is 0 Å². The quantitative estimate of drug-likeness (QED) is 0.540. The number of aromatic nitrogens is 4. The number of anilines is 1. The summed E-state index contributed by atoms with van der Waals surface area (Å²) in [5.74, 6) is 1.86. The molecule has 2 aromatic carbocycles. The highest BCUT2D eigenvalue weighted by atomic mass is 32.2. The monoisotopic (exact) mass is 393 g/mol. The molecule has 4 aromatic rings. The van der Waals surface area contributed by atoms with Crippen molar-refractivity contribution < 1.29 is 13.2 Å². The van der Waals surface area contributed by atoms with Crippen molar-refractivity contribution in [1.29, 1.82) is 0 Å². The third-order valence-electron chi connectivity index (χ3n) is 3.77. The summed E-state index contributed by atoms with van der Waals surface area (Å²) in [5, 5.41) is 0. The van der Waals surface area contributed by atoms with Crippen LogP contribution >= 0.6 is 0 Å². The molecule has 140 valence electrons. The number of para-hydroxylation sites is 1. The molecule has 4 rings (SSSR count). The van der Waals surface area contributed by atoms with Crippen molar-refractivity contribution in [1.82, 2.24) is 19.5 Å². The first-order valence-corrected chi connectivity index (χ1v) is 9.75. The van der Waals surface area contributed by atoms with Crippen LogP contribution in [0.4, 0.5) is 5.82 Å². The summed E-state index contributed by atoms with van der Waals surface area (Å²) in [7, 11) is -3.81. The van der Waals surface area contributed by atoms with Gasteiger partial charge in [0.05, 0.1) is 4.90 Å². The molecule has 0 bridgehead atoms. The van der Waals surface area contributed by atoms with Crippen molar-refractivity contribution in [3.8, 4) is 17.3 Å². The molecule has 0 fully saturated rings. The van der Waals surface area contributed by atoms with Crippen molar-refractivity contribution in [3.63, 3.8) is 0 Å². The van der Waals surface area contributed by atoms with Gasteiger partial charge in [0.2, 0.25) is 0 Å². The Kier molecular flexibility index (Phi) is 4.73. The minimum Gasteiger partial charge on any atom is -0.457 e. The summed E-state index contributed by atoms with van der Waals surface area (Å²) in [6, 6.07) is 16.9. The van der Waals surface area contributed by atoms with E-state index in [1.165, 1.54) is 24.5 Å². The molecular formula is C19H15N5O3S. The van der Waals surface area contributed by atoms with Crippen LogP contribution in [0.15, 0.2) is 90.6 Å². The second kappa shape index (κ2) is 7.49. The fourth-order valence-electron chi connectivity index (χ4n) is 2.45. The number of benzene rings is 2. The van der Waals surface area contributed by atoms with E-state index in [2.05, 4.69) is 19.7 Å². The largest absolute Gasteiger partial charge is 0.457 e. The highest BCUT2D eigenvalue weighted by Crippen LogP contribution is 2.23. The van der Waals surface area contributed by atoms with Gasteiger partial charge < -0.3 is 4.74 Å². The Hall–Kier alpha value is -3.72. The Balaban J connectivity index is 1.51. The van der Waals surface area contributed by atoms with Crippen molar-refractivity contribution >= 4 is 15.8 Å². The number of nitrogens with zero attached hydrogens (tertiary/aromatic N) is 4. The zero-order chi connectivity index (χ0) is 19.4. The topological polar surface area (TPSA) is 99.0 Å². The van der Waals surface area contributed by atoms with E-state index in [1.807, 2.05) is 30.3 Å². The molecule has 28 heavy (non-hydrogen) atoms. The van der Waals surface area contributed by atoms with E-state index >= 15 is 0 Å². The van der Waals surface area contributed by atoms with Crippen LogP contribution < -0.4 is 9.46 Å². The SMILES string of the molecule is O=S(=O)(Nc1cc(-n2ccnc2)ncn1)c1ccc(Oc2ccccc2)cc1. The summed E-state index contributed by atoms with van der Waals surface area (Å²) >= 11 is 0. The van der Waals surface area contributed by atoms with Crippen LogP contribution in [-0.4, -0.2) is 27.9 Å². The van der Waals surface area contributed by atoms with Crippen LogP contribution in [0.1, 0.15) is 0 Å². The third-order valence-corrected chi connectivity index (χ3v) is 5.14. The van der Waals surface area contributed by atoms with Crippen molar-refractivity contribution in [2.75, 3.05) is 4.72 Å². The summed E-state index contributed by atoms with van der Waals surface area (Å²) in [5.41, 5.74) is 0. The molecule has 2 heterocycles. The molecule has 0 aliphatic rings. The first kappa shape index (κ1) is 17.7. The van der Waals surface area contributed by atoms with Gasteiger partial charge in [-0.15, -0.1) is 0 Å².